The van der Waals surface area contributed by atoms with E-state index in [0.29, 0.717) is 0 Å². The van der Waals surface area contributed by atoms with Crippen LogP contribution >= 0.6 is 11.6 Å². The van der Waals surface area contributed by atoms with Crippen LogP contribution in [0.25, 0.3) is 10.9 Å². The van der Waals surface area contributed by atoms with Crippen LogP contribution in [0.15, 0.2) is 48.7 Å². The number of H-pyrrole nitrogens is 1. The van der Waals surface area contributed by atoms with Crippen molar-refractivity contribution >= 4 is 28.2 Å². The van der Waals surface area contributed by atoms with Crippen LogP contribution < -0.4 is 9.64 Å². The molecule has 4 rings (SSSR count). The number of hydrogen-bond acceptors (Lipinski definition) is 4. The van der Waals surface area contributed by atoms with E-state index in [1.807, 2.05) is 36.5 Å². The summed E-state index contributed by atoms with van der Waals surface area (Å²) in [5.41, 5.74) is 2.25. The molecule has 1 fully saturated rings. The zero-order valence-electron chi connectivity index (χ0n) is 15.4. The zero-order chi connectivity index (χ0) is 18.5. The van der Waals surface area contributed by atoms with Crippen molar-refractivity contribution in [3.8, 4) is 5.75 Å². The van der Waals surface area contributed by atoms with Gasteiger partial charge in [0, 0.05) is 48.3 Å². The van der Waals surface area contributed by atoms with Gasteiger partial charge in [-0.3, -0.25) is 10.00 Å². The van der Waals surface area contributed by atoms with Crippen LogP contribution in [0.4, 0.5) is 5.69 Å². The SMILES string of the molecule is Clc1cccc(N2CCN(CCCCOc3ccc4cn[nH]c4c3)CC2)c1. The highest BCUT2D eigenvalue weighted by atomic mass is 35.5. The Kier molecular flexibility index (Phi) is 5.80. The van der Waals surface area contributed by atoms with Crippen molar-refractivity contribution in [1.82, 2.24) is 15.1 Å². The molecule has 1 N–H and O–H groups in total. The number of aromatic nitrogens is 2. The molecule has 2 heterocycles. The Morgan fingerprint density at radius 1 is 1.04 bits per heavy atom. The lowest BCUT2D eigenvalue weighted by molar-refractivity contribution is 0.238. The van der Waals surface area contributed by atoms with Crippen molar-refractivity contribution in [2.45, 2.75) is 12.8 Å². The number of unbranched alkanes of at least 4 members (excludes halogenated alkanes) is 1. The van der Waals surface area contributed by atoms with Crippen molar-refractivity contribution in [3.63, 3.8) is 0 Å². The Balaban J connectivity index is 1.14. The number of ether oxygens (including phenoxy) is 1. The predicted octanol–water partition coefficient (Wildman–Crippen LogP) is 4.20. The van der Waals surface area contributed by atoms with Gasteiger partial charge in [0.05, 0.1) is 18.3 Å². The van der Waals surface area contributed by atoms with Crippen LogP contribution in [0.2, 0.25) is 5.02 Å². The van der Waals surface area contributed by atoms with Crippen LogP contribution in [0.1, 0.15) is 12.8 Å². The summed E-state index contributed by atoms with van der Waals surface area (Å²) in [5.74, 6) is 0.905. The van der Waals surface area contributed by atoms with Crippen LogP contribution in [-0.2, 0) is 0 Å². The molecule has 2 aromatic carbocycles. The Bertz CT molecular complexity index is 873. The molecule has 5 nitrogen and oxygen atoms in total. The van der Waals surface area contributed by atoms with Crippen molar-refractivity contribution in [2.75, 3.05) is 44.2 Å². The molecule has 1 aliphatic rings. The number of aromatic amines is 1. The molecular weight excluding hydrogens is 360 g/mol. The maximum absolute atomic E-state index is 6.10. The van der Waals surface area contributed by atoms with Gasteiger partial charge in [-0.05, 0) is 49.7 Å². The van der Waals surface area contributed by atoms with Gasteiger partial charge >= 0.3 is 0 Å². The van der Waals surface area contributed by atoms with Gasteiger partial charge in [-0.2, -0.15) is 5.10 Å². The Morgan fingerprint density at radius 3 is 2.78 bits per heavy atom. The van der Waals surface area contributed by atoms with Crippen molar-refractivity contribution in [2.24, 2.45) is 0 Å². The highest BCUT2D eigenvalue weighted by Gasteiger charge is 2.16. The standard InChI is InChI=1S/C21H25ClN4O/c22-18-4-3-5-19(14-18)26-11-9-25(10-12-26)8-1-2-13-27-20-7-6-17-16-23-24-21(17)15-20/h3-7,14-16H,1-2,8-13H2,(H,23,24). The molecule has 6 heteroatoms. The fraction of sp³-hybridized carbons (Fsp3) is 0.381. The molecule has 3 aromatic rings. The number of halogens is 1. The first-order valence-corrected chi connectivity index (χ1v) is 9.94. The average Bonchev–Trinajstić information content (AvgIpc) is 3.16. The molecule has 27 heavy (non-hydrogen) atoms. The lowest BCUT2D eigenvalue weighted by atomic mass is 10.2. The Morgan fingerprint density at radius 2 is 1.93 bits per heavy atom. The number of nitrogens with one attached hydrogen (secondary N) is 1. The lowest BCUT2D eigenvalue weighted by Crippen LogP contribution is -2.46. The van der Waals surface area contributed by atoms with Gasteiger partial charge in [0.15, 0.2) is 0 Å². The summed E-state index contributed by atoms with van der Waals surface area (Å²) >= 11 is 6.10. The highest BCUT2D eigenvalue weighted by molar-refractivity contribution is 6.30. The van der Waals surface area contributed by atoms with Crippen molar-refractivity contribution < 1.29 is 4.74 Å². The third kappa shape index (κ3) is 4.73. The first-order valence-electron chi connectivity index (χ1n) is 9.57. The lowest BCUT2D eigenvalue weighted by Gasteiger charge is -2.36. The maximum atomic E-state index is 6.10. The van der Waals surface area contributed by atoms with E-state index in [0.717, 1.165) is 73.8 Å². The topological polar surface area (TPSA) is 44.4 Å². The monoisotopic (exact) mass is 384 g/mol. The molecule has 1 saturated heterocycles. The van der Waals surface area contributed by atoms with E-state index < -0.39 is 0 Å². The first-order chi connectivity index (χ1) is 13.3. The van der Waals surface area contributed by atoms with Gasteiger partial charge in [-0.15, -0.1) is 0 Å². The number of hydrogen-bond donors (Lipinski definition) is 1. The molecule has 0 amide bonds. The van der Waals surface area contributed by atoms with Gasteiger partial charge < -0.3 is 9.64 Å². The molecule has 0 saturated carbocycles. The van der Waals surface area contributed by atoms with Crippen LogP contribution in [0.5, 0.6) is 5.75 Å². The van der Waals surface area contributed by atoms with E-state index in [-0.39, 0.29) is 0 Å². The number of nitrogens with zero attached hydrogens (tertiary/aromatic N) is 3. The summed E-state index contributed by atoms with van der Waals surface area (Å²) in [6.45, 7) is 6.20. The normalized spacial score (nSPS) is 15.4. The minimum Gasteiger partial charge on any atom is -0.494 e. The molecule has 0 bridgehead atoms. The van der Waals surface area contributed by atoms with Crippen LogP contribution in [0, 0.1) is 0 Å². The average molecular weight is 385 g/mol. The maximum Gasteiger partial charge on any atom is 0.121 e. The van der Waals surface area contributed by atoms with Crippen molar-refractivity contribution in [1.29, 1.82) is 0 Å². The number of fused-ring (bicyclic) bond motifs is 1. The van der Waals surface area contributed by atoms with Crippen LogP contribution in [-0.4, -0.2) is 54.4 Å². The van der Waals surface area contributed by atoms with E-state index in [1.54, 1.807) is 0 Å². The quantitative estimate of drug-likeness (QED) is 0.620. The first kappa shape index (κ1) is 18.1. The fourth-order valence-corrected chi connectivity index (χ4v) is 3.72. The molecule has 1 aromatic heterocycles. The van der Waals surface area contributed by atoms with E-state index in [2.05, 4.69) is 32.1 Å². The van der Waals surface area contributed by atoms with E-state index in [1.165, 1.54) is 5.69 Å². The Labute approximate surface area is 164 Å². The second kappa shape index (κ2) is 8.63. The molecule has 0 aliphatic carbocycles. The third-order valence-electron chi connectivity index (χ3n) is 5.10. The summed E-state index contributed by atoms with van der Waals surface area (Å²) < 4.78 is 5.87. The minimum absolute atomic E-state index is 0.752. The summed E-state index contributed by atoms with van der Waals surface area (Å²) in [6.07, 6.45) is 4.05. The molecule has 0 atom stereocenters. The molecule has 1 aliphatic heterocycles. The number of rotatable bonds is 7. The second-order valence-electron chi connectivity index (χ2n) is 6.98. The summed E-state index contributed by atoms with van der Waals surface area (Å²) in [5, 5.41) is 8.93. The van der Waals surface area contributed by atoms with Crippen molar-refractivity contribution in [3.05, 3.63) is 53.7 Å². The molecule has 0 radical (unpaired) electrons. The van der Waals surface area contributed by atoms with Gasteiger partial charge in [0.1, 0.15) is 5.75 Å². The zero-order valence-corrected chi connectivity index (χ0v) is 16.2. The summed E-state index contributed by atoms with van der Waals surface area (Å²) in [4.78, 5) is 4.95. The molecule has 0 unspecified atom stereocenters. The molecular formula is C21H25ClN4O. The minimum atomic E-state index is 0.752. The predicted molar refractivity (Wildman–Crippen MR) is 111 cm³/mol. The van der Waals surface area contributed by atoms with Gasteiger partial charge in [0.2, 0.25) is 0 Å². The van der Waals surface area contributed by atoms with Gasteiger partial charge in [-0.25, -0.2) is 0 Å². The molecule has 142 valence electrons. The van der Waals surface area contributed by atoms with E-state index in [9.17, 15) is 0 Å². The smallest absolute Gasteiger partial charge is 0.121 e. The molecule has 0 spiro atoms. The second-order valence-corrected chi connectivity index (χ2v) is 7.42. The number of piperazine rings is 1. The van der Waals surface area contributed by atoms with Crippen LogP contribution in [0.3, 0.4) is 0 Å². The Hall–Kier alpha value is -2.24. The number of anilines is 1. The summed E-state index contributed by atoms with van der Waals surface area (Å²) in [6, 6.07) is 14.2. The fourth-order valence-electron chi connectivity index (χ4n) is 3.54. The number of benzene rings is 2. The third-order valence-corrected chi connectivity index (χ3v) is 5.33. The largest absolute Gasteiger partial charge is 0.494 e. The van der Waals surface area contributed by atoms with Gasteiger partial charge in [0.25, 0.3) is 0 Å². The highest BCUT2D eigenvalue weighted by Crippen LogP contribution is 2.21. The van der Waals surface area contributed by atoms with Gasteiger partial charge in [-0.1, -0.05) is 17.7 Å². The van der Waals surface area contributed by atoms with E-state index >= 15 is 0 Å². The summed E-state index contributed by atoms with van der Waals surface area (Å²) in [7, 11) is 0. The van der Waals surface area contributed by atoms with E-state index in [4.69, 9.17) is 16.3 Å².